The second-order valence-corrected chi connectivity index (χ2v) is 5.16. The second kappa shape index (κ2) is 7.42. The zero-order valence-corrected chi connectivity index (χ0v) is 12.8. The Morgan fingerprint density at radius 2 is 2.09 bits per heavy atom. The molecule has 3 rings (SSSR count). The minimum atomic E-state index is -0.365. The molecule has 6 heteroatoms. The Kier molecular flexibility index (Phi) is 5.57. The van der Waals surface area contributed by atoms with Crippen LogP contribution in [0.5, 0.6) is 0 Å². The van der Waals surface area contributed by atoms with E-state index in [-0.39, 0.29) is 35.9 Å². The van der Waals surface area contributed by atoms with Crippen LogP contribution in [0.1, 0.15) is 23.4 Å². The number of hydrogen-bond donors (Lipinski definition) is 2. The summed E-state index contributed by atoms with van der Waals surface area (Å²) in [5.41, 5.74) is 0.357. The Morgan fingerprint density at radius 3 is 2.82 bits per heavy atom. The van der Waals surface area contributed by atoms with E-state index in [1.54, 1.807) is 30.3 Å². The largest absolute Gasteiger partial charge is 0.451 e. The summed E-state index contributed by atoms with van der Waals surface area (Å²) >= 11 is 0. The molecule has 1 saturated heterocycles. The summed E-state index contributed by atoms with van der Waals surface area (Å²) in [6.07, 6.45) is 2.00. The Balaban J connectivity index is 0.00000176. The van der Waals surface area contributed by atoms with Crippen molar-refractivity contribution in [1.82, 2.24) is 10.6 Å². The van der Waals surface area contributed by atoms with Crippen LogP contribution in [0.3, 0.4) is 0 Å². The summed E-state index contributed by atoms with van der Waals surface area (Å²) in [7, 11) is 0. The molecule has 0 radical (unpaired) electrons. The van der Waals surface area contributed by atoms with Crippen molar-refractivity contribution in [2.75, 3.05) is 13.1 Å². The fourth-order valence-electron chi connectivity index (χ4n) is 2.50. The van der Waals surface area contributed by atoms with Crippen LogP contribution < -0.4 is 10.6 Å². The number of hydrogen-bond acceptors (Lipinski definition) is 3. The SMILES string of the molecule is Cl.O=C(N[C@H]1CCCNC1)c1ccc(-c2ccccc2F)o1. The fraction of sp³-hybridized carbons (Fsp3) is 0.312. The number of carbonyl (C=O) groups is 1. The van der Waals surface area contributed by atoms with Crippen molar-refractivity contribution >= 4 is 18.3 Å². The number of benzene rings is 1. The molecule has 1 aromatic heterocycles. The lowest BCUT2D eigenvalue weighted by Crippen LogP contribution is -2.45. The zero-order chi connectivity index (χ0) is 14.7. The van der Waals surface area contributed by atoms with Gasteiger partial charge >= 0.3 is 0 Å². The normalized spacial score (nSPS) is 17.6. The maximum Gasteiger partial charge on any atom is 0.287 e. The molecule has 1 amide bonds. The van der Waals surface area contributed by atoms with Crippen LogP contribution in [-0.4, -0.2) is 25.0 Å². The summed E-state index contributed by atoms with van der Waals surface area (Å²) < 4.78 is 19.2. The van der Waals surface area contributed by atoms with Crippen LogP contribution in [-0.2, 0) is 0 Å². The minimum Gasteiger partial charge on any atom is -0.451 e. The molecule has 2 N–H and O–H groups in total. The van der Waals surface area contributed by atoms with Gasteiger partial charge in [-0.15, -0.1) is 12.4 Å². The van der Waals surface area contributed by atoms with Gasteiger partial charge in [-0.25, -0.2) is 4.39 Å². The molecule has 4 nitrogen and oxygen atoms in total. The first-order valence-corrected chi connectivity index (χ1v) is 7.10. The van der Waals surface area contributed by atoms with E-state index >= 15 is 0 Å². The maximum atomic E-state index is 13.7. The topological polar surface area (TPSA) is 54.3 Å². The van der Waals surface area contributed by atoms with Gasteiger partial charge in [0.1, 0.15) is 11.6 Å². The molecular weight excluding hydrogens is 307 g/mol. The monoisotopic (exact) mass is 324 g/mol. The van der Waals surface area contributed by atoms with E-state index < -0.39 is 0 Å². The number of nitrogens with one attached hydrogen (secondary N) is 2. The van der Waals surface area contributed by atoms with Gasteiger partial charge in [-0.1, -0.05) is 12.1 Å². The predicted molar refractivity (Wildman–Crippen MR) is 84.7 cm³/mol. The van der Waals surface area contributed by atoms with Crippen LogP contribution in [0.25, 0.3) is 11.3 Å². The van der Waals surface area contributed by atoms with Gasteiger partial charge in [0.05, 0.1) is 5.56 Å². The van der Waals surface area contributed by atoms with Gasteiger partial charge in [0.15, 0.2) is 5.76 Å². The molecule has 0 bridgehead atoms. The highest BCUT2D eigenvalue weighted by molar-refractivity contribution is 5.92. The molecule has 118 valence electrons. The second-order valence-electron chi connectivity index (χ2n) is 5.16. The van der Waals surface area contributed by atoms with Crippen molar-refractivity contribution in [2.45, 2.75) is 18.9 Å². The first-order valence-electron chi connectivity index (χ1n) is 7.10. The quantitative estimate of drug-likeness (QED) is 0.912. The van der Waals surface area contributed by atoms with E-state index in [1.807, 2.05) is 0 Å². The van der Waals surface area contributed by atoms with Crippen molar-refractivity contribution in [3.05, 3.63) is 48.0 Å². The van der Waals surface area contributed by atoms with Gasteiger partial charge in [-0.2, -0.15) is 0 Å². The molecule has 22 heavy (non-hydrogen) atoms. The van der Waals surface area contributed by atoms with Crippen molar-refractivity contribution in [3.8, 4) is 11.3 Å². The number of rotatable bonds is 3. The molecule has 2 aromatic rings. The first-order chi connectivity index (χ1) is 10.2. The van der Waals surface area contributed by atoms with E-state index in [0.29, 0.717) is 11.3 Å². The molecular formula is C16H18ClFN2O2. The molecule has 2 heterocycles. The molecule has 0 saturated carbocycles. The van der Waals surface area contributed by atoms with Gasteiger partial charge in [-0.3, -0.25) is 4.79 Å². The number of halogens is 2. The molecule has 0 aliphatic carbocycles. The summed E-state index contributed by atoms with van der Waals surface area (Å²) in [6, 6.07) is 9.65. The Hall–Kier alpha value is -1.85. The Bertz CT molecular complexity index is 639. The van der Waals surface area contributed by atoms with Crippen molar-refractivity contribution in [1.29, 1.82) is 0 Å². The van der Waals surface area contributed by atoms with Crippen LogP contribution in [0.15, 0.2) is 40.8 Å². The first kappa shape index (κ1) is 16.5. The number of piperidine rings is 1. The maximum absolute atomic E-state index is 13.7. The fourth-order valence-corrected chi connectivity index (χ4v) is 2.50. The summed E-state index contributed by atoms with van der Waals surface area (Å²) in [5.74, 6) is -0.0552. The summed E-state index contributed by atoms with van der Waals surface area (Å²) in [5, 5.41) is 6.16. The van der Waals surface area contributed by atoms with Gasteiger partial charge < -0.3 is 15.1 Å². The van der Waals surface area contributed by atoms with Crippen molar-refractivity contribution < 1.29 is 13.6 Å². The standard InChI is InChI=1S/C16H17FN2O2.ClH/c17-13-6-2-1-5-12(13)14-7-8-15(21-14)16(20)19-11-4-3-9-18-10-11;/h1-2,5-8,11,18H,3-4,9-10H2,(H,19,20);1H/t11-;/m0./s1. The van der Waals surface area contributed by atoms with E-state index in [2.05, 4.69) is 10.6 Å². The van der Waals surface area contributed by atoms with Gasteiger partial charge in [0.25, 0.3) is 5.91 Å². The van der Waals surface area contributed by atoms with E-state index in [1.165, 1.54) is 6.07 Å². The van der Waals surface area contributed by atoms with E-state index in [9.17, 15) is 9.18 Å². The van der Waals surface area contributed by atoms with Crippen molar-refractivity contribution in [3.63, 3.8) is 0 Å². The van der Waals surface area contributed by atoms with Gasteiger partial charge in [0, 0.05) is 12.6 Å². The zero-order valence-electron chi connectivity index (χ0n) is 12.0. The molecule has 1 atom stereocenters. The molecule has 1 aliphatic heterocycles. The average Bonchev–Trinajstić information content (AvgIpc) is 2.98. The highest BCUT2D eigenvalue weighted by atomic mass is 35.5. The van der Waals surface area contributed by atoms with E-state index in [0.717, 1.165) is 25.9 Å². The lowest BCUT2D eigenvalue weighted by Gasteiger charge is -2.23. The lowest BCUT2D eigenvalue weighted by atomic mass is 10.1. The van der Waals surface area contributed by atoms with Crippen LogP contribution >= 0.6 is 12.4 Å². The molecule has 1 aliphatic rings. The van der Waals surface area contributed by atoms with Crippen molar-refractivity contribution in [2.24, 2.45) is 0 Å². The van der Waals surface area contributed by atoms with E-state index in [4.69, 9.17) is 4.42 Å². The Morgan fingerprint density at radius 1 is 1.27 bits per heavy atom. The van der Waals surface area contributed by atoms with Gasteiger partial charge in [-0.05, 0) is 43.7 Å². The van der Waals surface area contributed by atoms with Crippen LogP contribution in [0, 0.1) is 5.82 Å². The smallest absolute Gasteiger partial charge is 0.287 e. The van der Waals surface area contributed by atoms with Crippen LogP contribution in [0.4, 0.5) is 4.39 Å². The average molecular weight is 325 g/mol. The number of furan rings is 1. The summed E-state index contributed by atoms with van der Waals surface area (Å²) in [6.45, 7) is 1.76. The molecule has 1 aromatic carbocycles. The highest BCUT2D eigenvalue weighted by Gasteiger charge is 2.19. The number of amides is 1. The highest BCUT2D eigenvalue weighted by Crippen LogP contribution is 2.24. The van der Waals surface area contributed by atoms with Crippen LogP contribution in [0.2, 0.25) is 0 Å². The number of carbonyl (C=O) groups excluding carboxylic acids is 1. The third kappa shape index (κ3) is 3.67. The third-order valence-electron chi connectivity index (χ3n) is 3.60. The molecule has 1 fully saturated rings. The molecule has 0 spiro atoms. The summed E-state index contributed by atoms with van der Waals surface area (Å²) in [4.78, 5) is 12.1. The lowest BCUT2D eigenvalue weighted by molar-refractivity contribution is 0.0903. The van der Waals surface area contributed by atoms with Gasteiger partial charge in [0.2, 0.25) is 0 Å². The Labute approximate surface area is 134 Å². The predicted octanol–water partition coefficient (Wildman–Crippen LogP) is 2.99. The third-order valence-corrected chi connectivity index (χ3v) is 3.60. The molecule has 0 unspecified atom stereocenters. The minimum absolute atomic E-state index is 0.